The molecular formula is C38H61N3O2. The van der Waals surface area contributed by atoms with Crippen molar-refractivity contribution in [1.82, 2.24) is 14.8 Å². The number of nitrogens with zero attached hydrogens (tertiary/aromatic N) is 3. The molecule has 5 nitrogen and oxygen atoms in total. The molecule has 0 amide bonds. The van der Waals surface area contributed by atoms with Crippen molar-refractivity contribution in [1.29, 1.82) is 0 Å². The summed E-state index contributed by atoms with van der Waals surface area (Å²) in [6, 6.07) is 4.25. The Balaban J connectivity index is 1.43. The third-order valence-corrected chi connectivity index (χ3v) is 13.1. The van der Waals surface area contributed by atoms with Crippen LogP contribution in [0.2, 0.25) is 0 Å². The van der Waals surface area contributed by atoms with Gasteiger partial charge in [-0.25, -0.2) is 0 Å². The molecule has 1 aromatic rings. The molecule has 5 heteroatoms. The number of hydrogen-bond acceptors (Lipinski definition) is 5. The Morgan fingerprint density at radius 1 is 1.16 bits per heavy atom. The number of carbonyl (C=O) groups excluding carboxylic acids is 1. The number of hydrogen-bond donors (Lipinski definition) is 0. The summed E-state index contributed by atoms with van der Waals surface area (Å²) in [4.78, 5) is 22.3. The number of aromatic nitrogens is 1. The van der Waals surface area contributed by atoms with Gasteiger partial charge in [0.05, 0.1) is 12.2 Å². The van der Waals surface area contributed by atoms with Gasteiger partial charge in [-0.05, 0) is 99.5 Å². The van der Waals surface area contributed by atoms with E-state index in [-0.39, 0.29) is 34.4 Å². The van der Waals surface area contributed by atoms with Crippen molar-refractivity contribution in [2.45, 2.75) is 106 Å². The minimum atomic E-state index is -0.0858. The molecule has 3 fully saturated rings. The van der Waals surface area contributed by atoms with Crippen molar-refractivity contribution in [2.75, 3.05) is 33.7 Å². The van der Waals surface area contributed by atoms with E-state index in [1.54, 1.807) is 5.57 Å². The van der Waals surface area contributed by atoms with Crippen LogP contribution in [-0.4, -0.2) is 67.0 Å². The van der Waals surface area contributed by atoms with Gasteiger partial charge in [-0.3, -0.25) is 9.88 Å². The molecule has 9 unspecified atom stereocenters. The highest BCUT2D eigenvalue weighted by molar-refractivity contribution is 5.62. The average Bonchev–Trinajstić information content (AvgIpc) is 3.15. The second-order valence-corrected chi connectivity index (χ2v) is 16.0. The van der Waals surface area contributed by atoms with E-state index in [2.05, 4.69) is 89.5 Å². The zero-order valence-electron chi connectivity index (χ0n) is 28.8. The van der Waals surface area contributed by atoms with Crippen LogP contribution in [0.4, 0.5) is 0 Å². The molecule has 0 aromatic carbocycles. The summed E-state index contributed by atoms with van der Waals surface area (Å²) in [5, 5.41) is 0. The zero-order chi connectivity index (χ0) is 31.2. The highest BCUT2D eigenvalue weighted by Crippen LogP contribution is 2.89. The molecule has 0 radical (unpaired) electrons. The van der Waals surface area contributed by atoms with E-state index in [1.807, 2.05) is 18.5 Å². The first-order valence-electron chi connectivity index (χ1n) is 17.5. The van der Waals surface area contributed by atoms with Gasteiger partial charge in [0.1, 0.15) is 6.29 Å². The maximum Gasteiger partial charge on any atom is 0.123 e. The number of carbonyl (C=O) groups is 1. The van der Waals surface area contributed by atoms with Crippen molar-refractivity contribution < 1.29 is 9.53 Å². The van der Waals surface area contributed by atoms with Gasteiger partial charge in [-0.2, -0.15) is 0 Å². The molecule has 0 N–H and O–H groups in total. The highest BCUT2D eigenvalue weighted by Gasteiger charge is 2.86. The maximum absolute atomic E-state index is 13.0. The molecule has 1 aromatic heterocycles. The van der Waals surface area contributed by atoms with Gasteiger partial charge >= 0.3 is 0 Å². The van der Waals surface area contributed by atoms with Crippen molar-refractivity contribution in [3.63, 3.8) is 0 Å². The Labute approximate surface area is 263 Å². The van der Waals surface area contributed by atoms with Gasteiger partial charge in [0.2, 0.25) is 0 Å². The molecule has 0 bridgehead atoms. The summed E-state index contributed by atoms with van der Waals surface area (Å²) >= 11 is 0. The first kappa shape index (κ1) is 32.8. The number of aldehydes is 1. The van der Waals surface area contributed by atoms with Crippen LogP contribution in [0.15, 0.2) is 36.2 Å². The topological polar surface area (TPSA) is 45.7 Å². The lowest BCUT2D eigenvalue weighted by Crippen LogP contribution is -2.43. The number of pyridine rings is 1. The molecule has 1 aliphatic heterocycles. The van der Waals surface area contributed by atoms with Crippen LogP contribution in [0.5, 0.6) is 0 Å². The molecule has 240 valence electrons. The van der Waals surface area contributed by atoms with Crippen LogP contribution < -0.4 is 0 Å². The zero-order valence-corrected chi connectivity index (χ0v) is 28.8. The molecule has 43 heavy (non-hydrogen) atoms. The lowest BCUT2D eigenvalue weighted by atomic mass is 9.58. The van der Waals surface area contributed by atoms with Crippen LogP contribution in [0.3, 0.4) is 0 Å². The second kappa shape index (κ2) is 12.7. The van der Waals surface area contributed by atoms with E-state index in [0.717, 1.165) is 45.4 Å². The largest absolute Gasteiger partial charge is 0.373 e. The molecule has 4 aliphatic rings. The second-order valence-electron chi connectivity index (χ2n) is 16.0. The average molecular weight is 592 g/mol. The molecule has 0 spiro atoms. The van der Waals surface area contributed by atoms with Crippen molar-refractivity contribution >= 4 is 6.29 Å². The number of rotatable bonds is 14. The van der Waals surface area contributed by atoms with E-state index in [9.17, 15) is 4.79 Å². The van der Waals surface area contributed by atoms with Gasteiger partial charge in [-0.1, -0.05) is 79.0 Å². The van der Waals surface area contributed by atoms with Gasteiger partial charge in [0, 0.05) is 42.2 Å². The van der Waals surface area contributed by atoms with Gasteiger partial charge < -0.3 is 14.4 Å². The highest BCUT2D eigenvalue weighted by atomic mass is 16.5. The number of ether oxygens (including phenoxy) is 1. The fourth-order valence-corrected chi connectivity index (χ4v) is 10.6. The molecular weight excluding hydrogens is 530 g/mol. The summed E-state index contributed by atoms with van der Waals surface area (Å²) < 4.78 is 7.34. The minimum Gasteiger partial charge on any atom is -0.373 e. The van der Waals surface area contributed by atoms with E-state index in [1.165, 1.54) is 31.1 Å². The SMILES string of the molecule is CCCC(C)C1CC(C=O)C2(C)C(C(C)C)=CC3C(C4CC(C)[C@H](CN(CCCN(C)C)Cc5cccnc5)O4)(C1)C32C. The Morgan fingerprint density at radius 3 is 2.56 bits per heavy atom. The fraction of sp³-hybridized carbons (Fsp3) is 0.789. The van der Waals surface area contributed by atoms with E-state index in [4.69, 9.17) is 4.74 Å². The van der Waals surface area contributed by atoms with Crippen LogP contribution >= 0.6 is 0 Å². The normalized spacial score (nSPS) is 39.2. The van der Waals surface area contributed by atoms with Gasteiger partial charge in [0.25, 0.3) is 0 Å². The molecule has 1 saturated heterocycles. The summed E-state index contributed by atoms with van der Waals surface area (Å²) in [6.45, 7) is 21.0. The fourth-order valence-electron chi connectivity index (χ4n) is 10.6. The van der Waals surface area contributed by atoms with E-state index in [0.29, 0.717) is 29.6 Å². The van der Waals surface area contributed by atoms with E-state index >= 15 is 0 Å². The standard InChI is InChI=1S/C38H61N3O2/c1-10-13-27(4)30-19-31(25-42)36(6)32(26(2)3)20-34-37(36,7)38(34,21-30)35-18-28(5)33(43-35)24-41(17-12-16-40(8)9)23-29-14-11-15-39-22-29/h11,14-15,20,22,25-28,30-31,33-35H,10,12-13,16-19,21,23-24H2,1-9H3/t27?,28?,30?,31?,33-,34?,35?,36?,37?,38?/m0/s1. The van der Waals surface area contributed by atoms with Crippen LogP contribution in [0.25, 0.3) is 0 Å². The summed E-state index contributed by atoms with van der Waals surface area (Å²) in [5.74, 6) is 2.81. The molecule has 10 atom stereocenters. The van der Waals surface area contributed by atoms with Crippen molar-refractivity contribution in [3.8, 4) is 0 Å². The summed E-state index contributed by atoms with van der Waals surface area (Å²) in [6.07, 6.45) is 15.4. The Hall–Kier alpha value is -1.56. The monoisotopic (exact) mass is 591 g/mol. The van der Waals surface area contributed by atoms with Gasteiger partial charge in [-0.15, -0.1) is 0 Å². The predicted molar refractivity (Wildman–Crippen MR) is 177 cm³/mol. The third kappa shape index (κ3) is 5.48. The number of allylic oxidation sites excluding steroid dienone is 2. The third-order valence-electron chi connectivity index (χ3n) is 13.1. The smallest absolute Gasteiger partial charge is 0.123 e. The Kier molecular flexibility index (Phi) is 9.68. The van der Waals surface area contributed by atoms with Crippen molar-refractivity contribution in [3.05, 3.63) is 41.7 Å². The van der Waals surface area contributed by atoms with Crippen LogP contribution in [0, 0.1) is 51.8 Å². The first-order chi connectivity index (χ1) is 20.4. The first-order valence-corrected chi connectivity index (χ1v) is 17.5. The lowest BCUT2D eigenvalue weighted by molar-refractivity contribution is -0.116. The lowest BCUT2D eigenvalue weighted by Gasteiger charge is -2.45. The Bertz CT molecular complexity index is 1140. The predicted octanol–water partition coefficient (Wildman–Crippen LogP) is 7.52. The Morgan fingerprint density at radius 2 is 1.93 bits per heavy atom. The van der Waals surface area contributed by atoms with Crippen LogP contribution in [0.1, 0.15) is 92.6 Å². The molecule has 5 rings (SSSR count). The molecule has 2 heterocycles. The summed E-state index contributed by atoms with van der Waals surface area (Å²) in [5.41, 5.74) is 2.95. The minimum absolute atomic E-state index is 0.0858. The molecule has 3 aliphatic carbocycles. The van der Waals surface area contributed by atoms with Crippen LogP contribution in [-0.2, 0) is 16.1 Å². The van der Waals surface area contributed by atoms with Crippen molar-refractivity contribution in [2.24, 2.45) is 51.8 Å². The van der Waals surface area contributed by atoms with Gasteiger partial charge in [0.15, 0.2) is 0 Å². The quantitative estimate of drug-likeness (QED) is 0.165. The number of fused-ring (bicyclic) bond motifs is 1. The maximum atomic E-state index is 13.0. The van der Waals surface area contributed by atoms with E-state index < -0.39 is 0 Å². The summed E-state index contributed by atoms with van der Waals surface area (Å²) in [7, 11) is 4.32. The molecule has 2 saturated carbocycles.